The van der Waals surface area contributed by atoms with E-state index >= 15 is 0 Å². The first kappa shape index (κ1) is 24.3. The third-order valence-corrected chi connectivity index (χ3v) is 5.24. The zero-order chi connectivity index (χ0) is 24.7. The Balaban J connectivity index is 1.58. The largest absolute Gasteiger partial charge is 0.494 e. The number of pyridine rings is 1. The van der Waals surface area contributed by atoms with Crippen molar-refractivity contribution >= 4 is 17.5 Å². The van der Waals surface area contributed by atoms with Gasteiger partial charge in [0.2, 0.25) is 5.91 Å². The lowest BCUT2D eigenvalue weighted by molar-refractivity contribution is -0.116. The Morgan fingerprint density at radius 1 is 1.06 bits per heavy atom. The first-order valence-corrected chi connectivity index (χ1v) is 10.8. The summed E-state index contributed by atoms with van der Waals surface area (Å²) in [6.45, 7) is 6.07. The van der Waals surface area contributed by atoms with Gasteiger partial charge >= 0.3 is 0 Å². The third-order valence-electron chi connectivity index (χ3n) is 5.24. The topological polar surface area (TPSA) is 113 Å². The monoisotopic (exact) mass is 458 g/mol. The minimum absolute atomic E-state index is 0.0269. The van der Waals surface area contributed by atoms with Crippen LogP contribution in [0.4, 0.5) is 5.69 Å². The molecule has 3 aromatic rings. The zero-order valence-electron chi connectivity index (χ0n) is 19.3. The van der Waals surface area contributed by atoms with E-state index in [9.17, 15) is 19.6 Å². The third kappa shape index (κ3) is 5.90. The second kappa shape index (κ2) is 11.0. The van der Waals surface area contributed by atoms with Crippen molar-refractivity contribution in [2.45, 2.75) is 33.9 Å². The summed E-state index contributed by atoms with van der Waals surface area (Å²) >= 11 is 0. The van der Waals surface area contributed by atoms with E-state index in [0.29, 0.717) is 35.7 Å². The molecule has 0 spiro atoms. The molecule has 0 aliphatic rings. The summed E-state index contributed by atoms with van der Waals surface area (Å²) in [5, 5.41) is 14.8. The number of amides is 2. The SMILES string of the molecule is CCOc1ccc(CNC(=O)c2ccc(NC(=O)Cn3c(C)cc(C)c(C#N)c3=O)cc2)cc1. The van der Waals surface area contributed by atoms with Crippen LogP contribution in [0.5, 0.6) is 5.75 Å². The van der Waals surface area contributed by atoms with Crippen LogP contribution in [0, 0.1) is 25.2 Å². The van der Waals surface area contributed by atoms with E-state index < -0.39 is 11.5 Å². The van der Waals surface area contributed by atoms with Crippen molar-refractivity contribution in [1.29, 1.82) is 5.26 Å². The minimum Gasteiger partial charge on any atom is -0.494 e. The summed E-state index contributed by atoms with van der Waals surface area (Å²) in [5.74, 6) is 0.131. The predicted octanol–water partition coefficient (Wildman–Crippen LogP) is 3.30. The number of benzene rings is 2. The van der Waals surface area contributed by atoms with Crippen LogP contribution in [0.2, 0.25) is 0 Å². The van der Waals surface area contributed by atoms with Gasteiger partial charge in [0, 0.05) is 23.5 Å². The number of nitrogens with one attached hydrogen (secondary N) is 2. The van der Waals surface area contributed by atoms with E-state index in [1.807, 2.05) is 37.3 Å². The van der Waals surface area contributed by atoms with Gasteiger partial charge in [0.05, 0.1) is 6.61 Å². The van der Waals surface area contributed by atoms with Gasteiger partial charge < -0.3 is 19.9 Å². The van der Waals surface area contributed by atoms with E-state index in [2.05, 4.69) is 10.6 Å². The predicted molar refractivity (Wildman–Crippen MR) is 129 cm³/mol. The Hall–Kier alpha value is -4.38. The molecule has 2 amide bonds. The molecule has 0 aliphatic carbocycles. The molecule has 1 heterocycles. The van der Waals surface area contributed by atoms with Gasteiger partial charge in [-0.3, -0.25) is 14.4 Å². The molecule has 0 radical (unpaired) electrons. The number of nitrogens with zero attached hydrogens (tertiary/aromatic N) is 2. The first-order valence-electron chi connectivity index (χ1n) is 10.8. The highest BCUT2D eigenvalue weighted by atomic mass is 16.5. The molecular weight excluding hydrogens is 432 g/mol. The number of carbonyl (C=O) groups is 2. The molecule has 174 valence electrons. The maximum Gasteiger partial charge on any atom is 0.269 e. The zero-order valence-corrected chi connectivity index (χ0v) is 19.3. The Labute approximate surface area is 197 Å². The lowest BCUT2D eigenvalue weighted by Crippen LogP contribution is -2.31. The van der Waals surface area contributed by atoms with Crippen LogP contribution in [0.3, 0.4) is 0 Å². The van der Waals surface area contributed by atoms with Crippen LogP contribution in [0.15, 0.2) is 59.4 Å². The standard InChI is InChI=1S/C26H26N4O4/c1-4-34-22-11-5-19(6-12-22)15-28-25(32)20-7-9-21(10-8-20)29-24(31)16-30-18(3)13-17(2)23(14-27)26(30)33/h5-13H,4,15-16H2,1-3H3,(H,28,32)(H,29,31). The molecule has 0 atom stereocenters. The summed E-state index contributed by atoms with van der Waals surface area (Å²) in [6, 6.07) is 17.6. The van der Waals surface area contributed by atoms with Crippen molar-refractivity contribution in [2.75, 3.05) is 11.9 Å². The van der Waals surface area contributed by atoms with E-state index in [0.717, 1.165) is 11.3 Å². The van der Waals surface area contributed by atoms with E-state index in [-0.39, 0.29) is 18.0 Å². The van der Waals surface area contributed by atoms with E-state index in [1.165, 1.54) is 4.57 Å². The molecule has 0 aliphatic heterocycles. The molecule has 1 aromatic heterocycles. The molecule has 2 N–H and O–H groups in total. The van der Waals surface area contributed by atoms with Crippen molar-refractivity contribution in [3.05, 3.63) is 92.9 Å². The number of carbonyl (C=O) groups excluding carboxylic acids is 2. The highest BCUT2D eigenvalue weighted by Crippen LogP contribution is 2.13. The summed E-state index contributed by atoms with van der Waals surface area (Å²) in [7, 11) is 0. The van der Waals surface area contributed by atoms with Crippen molar-refractivity contribution in [2.24, 2.45) is 0 Å². The molecule has 0 saturated heterocycles. The smallest absolute Gasteiger partial charge is 0.269 e. The van der Waals surface area contributed by atoms with Crippen LogP contribution in [0.1, 0.15) is 39.7 Å². The van der Waals surface area contributed by atoms with Gasteiger partial charge in [0.1, 0.15) is 23.9 Å². The molecule has 0 bridgehead atoms. The maximum absolute atomic E-state index is 12.5. The molecule has 2 aromatic carbocycles. The van der Waals surface area contributed by atoms with Crippen LogP contribution in [0.25, 0.3) is 0 Å². The lowest BCUT2D eigenvalue weighted by Gasteiger charge is -2.12. The van der Waals surface area contributed by atoms with Crippen LogP contribution in [-0.2, 0) is 17.9 Å². The molecule has 8 heteroatoms. The molecule has 8 nitrogen and oxygen atoms in total. The van der Waals surface area contributed by atoms with Crippen molar-refractivity contribution in [3.63, 3.8) is 0 Å². The summed E-state index contributed by atoms with van der Waals surface area (Å²) in [5.41, 5.74) is 2.60. The Morgan fingerprint density at radius 3 is 2.35 bits per heavy atom. The number of nitriles is 1. The van der Waals surface area contributed by atoms with Crippen molar-refractivity contribution < 1.29 is 14.3 Å². The van der Waals surface area contributed by atoms with Gasteiger partial charge in [-0.2, -0.15) is 5.26 Å². The molecule has 0 saturated carbocycles. The summed E-state index contributed by atoms with van der Waals surface area (Å²) in [6.07, 6.45) is 0. The average molecular weight is 459 g/mol. The quantitative estimate of drug-likeness (QED) is 0.538. The van der Waals surface area contributed by atoms with Crippen molar-refractivity contribution in [3.8, 4) is 11.8 Å². The van der Waals surface area contributed by atoms with Crippen molar-refractivity contribution in [1.82, 2.24) is 9.88 Å². The number of hydrogen-bond donors (Lipinski definition) is 2. The molecular formula is C26H26N4O4. The van der Waals surface area contributed by atoms with Crippen LogP contribution in [-0.4, -0.2) is 23.0 Å². The lowest BCUT2D eigenvalue weighted by atomic mass is 10.1. The molecule has 34 heavy (non-hydrogen) atoms. The molecule has 3 rings (SSSR count). The highest BCUT2D eigenvalue weighted by Gasteiger charge is 2.13. The Bertz CT molecular complexity index is 1290. The first-order chi connectivity index (χ1) is 16.3. The second-order valence-electron chi connectivity index (χ2n) is 7.73. The van der Waals surface area contributed by atoms with Gasteiger partial charge in [0.15, 0.2) is 0 Å². The van der Waals surface area contributed by atoms with Gasteiger partial charge in [-0.25, -0.2) is 0 Å². The Morgan fingerprint density at radius 2 is 1.74 bits per heavy atom. The minimum atomic E-state index is -0.491. The second-order valence-corrected chi connectivity index (χ2v) is 7.73. The summed E-state index contributed by atoms with van der Waals surface area (Å²) < 4.78 is 6.67. The number of aryl methyl sites for hydroxylation is 2. The number of aromatic nitrogens is 1. The number of ether oxygens (including phenoxy) is 1. The van der Waals surface area contributed by atoms with Gasteiger partial charge in [-0.1, -0.05) is 12.1 Å². The number of hydrogen-bond acceptors (Lipinski definition) is 5. The maximum atomic E-state index is 12.5. The van der Waals surface area contributed by atoms with Gasteiger partial charge in [-0.15, -0.1) is 0 Å². The van der Waals surface area contributed by atoms with Gasteiger partial charge in [0.25, 0.3) is 11.5 Å². The van der Waals surface area contributed by atoms with Gasteiger partial charge in [-0.05, 0) is 74.4 Å². The fourth-order valence-electron chi connectivity index (χ4n) is 3.46. The van der Waals surface area contributed by atoms with Crippen LogP contribution >= 0.6 is 0 Å². The normalized spacial score (nSPS) is 10.3. The molecule has 0 fully saturated rings. The average Bonchev–Trinajstić information content (AvgIpc) is 2.82. The number of rotatable bonds is 8. The highest BCUT2D eigenvalue weighted by molar-refractivity contribution is 5.95. The molecule has 0 unspecified atom stereocenters. The summed E-state index contributed by atoms with van der Waals surface area (Å²) in [4.78, 5) is 37.4. The van der Waals surface area contributed by atoms with Crippen LogP contribution < -0.4 is 20.9 Å². The van der Waals surface area contributed by atoms with E-state index in [1.54, 1.807) is 44.2 Å². The number of anilines is 1. The fraction of sp³-hybridized carbons (Fsp3) is 0.231. The fourth-order valence-corrected chi connectivity index (χ4v) is 3.46. The van der Waals surface area contributed by atoms with E-state index in [4.69, 9.17) is 4.74 Å². The Kier molecular flexibility index (Phi) is 7.83.